The maximum atomic E-state index is 11.8. The molecule has 4 heteroatoms. The van der Waals surface area contributed by atoms with E-state index in [1.54, 1.807) is 17.4 Å². The van der Waals surface area contributed by atoms with E-state index >= 15 is 0 Å². The predicted molar refractivity (Wildman–Crippen MR) is 88.0 cm³/mol. The number of rotatable bonds is 5. The molecule has 0 radical (unpaired) electrons. The van der Waals surface area contributed by atoms with Gasteiger partial charge in [0.05, 0.1) is 18.7 Å². The van der Waals surface area contributed by atoms with Crippen molar-refractivity contribution in [2.45, 2.75) is 26.8 Å². The molecule has 112 valence electrons. The molecule has 0 fully saturated rings. The molecule has 0 spiro atoms. The van der Waals surface area contributed by atoms with Crippen LogP contribution in [0.2, 0.25) is 0 Å². The molecule has 1 aromatic carbocycles. The molecule has 0 aliphatic rings. The van der Waals surface area contributed by atoms with Crippen molar-refractivity contribution in [2.24, 2.45) is 5.92 Å². The zero-order valence-corrected chi connectivity index (χ0v) is 13.7. The van der Waals surface area contributed by atoms with E-state index in [0.717, 1.165) is 11.3 Å². The normalized spacial score (nSPS) is 12.2. The molecule has 1 unspecified atom stereocenters. The zero-order chi connectivity index (χ0) is 15.4. The van der Waals surface area contributed by atoms with Crippen molar-refractivity contribution in [1.82, 2.24) is 0 Å². The van der Waals surface area contributed by atoms with E-state index in [0.29, 0.717) is 11.5 Å². The molecule has 21 heavy (non-hydrogen) atoms. The molecule has 0 bridgehead atoms. The van der Waals surface area contributed by atoms with Gasteiger partial charge in [0.2, 0.25) is 0 Å². The van der Waals surface area contributed by atoms with Gasteiger partial charge in [0.25, 0.3) is 0 Å². The Hall–Kier alpha value is -1.81. The smallest absolute Gasteiger partial charge is 0.338 e. The number of thiophene rings is 1. The molecule has 0 amide bonds. The number of hydrogen-bond acceptors (Lipinski definition) is 4. The molecule has 0 saturated heterocycles. The second-order valence-corrected chi connectivity index (χ2v) is 6.33. The van der Waals surface area contributed by atoms with E-state index < -0.39 is 0 Å². The van der Waals surface area contributed by atoms with Crippen LogP contribution in [-0.2, 0) is 4.74 Å². The van der Waals surface area contributed by atoms with Crippen LogP contribution in [0.25, 0.3) is 0 Å². The Bertz CT molecular complexity index is 605. The quantitative estimate of drug-likeness (QED) is 0.817. The summed E-state index contributed by atoms with van der Waals surface area (Å²) >= 11 is 1.75. The maximum absolute atomic E-state index is 11.8. The van der Waals surface area contributed by atoms with E-state index in [4.69, 9.17) is 4.74 Å². The predicted octanol–water partition coefficient (Wildman–Crippen LogP) is 4.65. The maximum Gasteiger partial charge on any atom is 0.338 e. The number of hydrogen-bond donors (Lipinski definition) is 1. The summed E-state index contributed by atoms with van der Waals surface area (Å²) in [7, 11) is 1.41. The minimum absolute atomic E-state index is 0.233. The molecule has 0 aliphatic carbocycles. The zero-order valence-electron chi connectivity index (χ0n) is 12.8. The van der Waals surface area contributed by atoms with Gasteiger partial charge < -0.3 is 10.1 Å². The Morgan fingerprint density at radius 1 is 1.24 bits per heavy atom. The van der Waals surface area contributed by atoms with Gasteiger partial charge in [-0.25, -0.2) is 4.79 Å². The summed E-state index contributed by atoms with van der Waals surface area (Å²) in [6.45, 7) is 6.33. The van der Waals surface area contributed by atoms with Crippen molar-refractivity contribution < 1.29 is 9.53 Å². The molecule has 1 heterocycles. The van der Waals surface area contributed by atoms with Crippen LogP contribution in [0.1, 0.15) is 40.7 Å². The Kier molecular flexibility index (Phi) is 5.02. The van der Waals surface area contributed by atoms with Crippen LogP contribution in [0, 0.1) is 12.8 Å². The fourth-order valence-corrected chi connectivity index (χ4v) is 3.27. The largest absolute Gasteiger partial charge is 0.465 e. The molecular formula is C17H21NO2S. The van der Waals surface area contributed by atoms with Gasteiger partial charge in [-0.1, -0.05) is 26.0 Å². The van der Waals surface area contributed by atoms with Gasteiger partial charge in [0.1, 0.15) is 0 Å². The fourth-order valence-electron chi connectivity index (χ4n) is 2.33. The summed E-state index contributed by atoms with van der Waals surface area (Å²) < 4.78 is 4.83. The highest BCUT2D eigenvalue weighted by Gasteiger charge is 2.19. The summed E-state index contributed by atoms with van der Waals surface area (Å²) in [5, 5.41) is 5.66. The van der Waals surface area contributed by atoms with Crippen LogP contribution in [0.5, 0.6) is 0 Å². The molecular weight excluding hydrogens is 282 g/mol. The first-order valence-corrected chi connectivity index (χ1v) is 7.90. The number of carbonyl (C=O) groups is 1. The topological polar surface area (TPSA) is 38.3 Å². The highest BCUT2D eigenvalue weighted by molar-refractivity contribution is 7.10. The number of ether oxygens (including phenoxy) is 1. The second kappa shape index (κ2) is 6.76. The number of anilines is 1. The van der Waals surface area contributed by atoms with Gasteiger partial charge in [-0.05, 0) is 42.0 Å². The van der Waals surface area contributed by atoms with Gasteiger partial charge in [-0.3, -0.25) is 0 Å². The van der Waals surface area contributed by atoms with Crippen LogP contribution >= 0.6 is 11.3 Å². The van der Waals surface area contributed by atoms with Gasteiger partial charge in [-0.15, -0.1) is 11.3 Å². The summed E-state index contributed by atoms with van der Waals surface area (Å²) in [4.78, 5) is 13.1. The van der Waals surface area contributed by atoms with Crippen molar-refractivity contribution in [3.63, 3.8) is 0 Å². The Morgan fingerprint density at radius 2 is 2.00 bits per heavy atom. The number of nitrogens with one attached hydrogen (secondary N) is 1. The number of carbonyl (C=O) groups excluding carboxylic acids is 1. The van der Waals surface area contributed by atoms with E-state index in [1.165, 1.54) is 12.0 Å². The van der Waals surface area contributed by atoms with Crippen LogP contribution in [0.15, 0.2) is 35.7 Å². The lowest BCUT2D eigenvalue weighted by atomic mass is 10.0. The average Bonchev–Trinajstić information content (AvgIpc) is 2.98. The first kappa shape index (κ1) is 15.6. The first-order chi connectivity index (χ1) is 10.0. The van der Waals surface area contributed by atoms with Crippen molar-refractivity contribution >= 4 is 23.0 Å². The van der Waals surface area contributed by atoms with E-state index in [2.05, 4.69) is 36.7 Å². The van der Waals surface area contributed by atoms with Crippen molar-refractivity contribution in [3.8, 4) is 0 Å². The highest BCUT2D eigenvalue weighted by atomic mass is 32.1. The molecule has 2 rings (SSSR count). The Balaban J connectivity index is 2.32. The lowest BCUT2D eigenvalue weighted by molar-refractivity contribution is 0.0600. The van der Waals surface area contributed by atoms with E-state index in [-0.39, 0.29) is 12.0 Å². The summed E-state index contributed by atoms with van der Waals surface area (Å²) in [5.74, 6) is 0.151. The van der Waals surface area contributed by atoms with Crippen LogP contribution in [-0.4, -0.2) is 13.1 Å². The summed E-state index contributed by atoms with van der Waals surface area (Å²) in [6.07, 6.45) is 0. The van der Waals surface area contributed by atoms with Crippen molar-refractivity contribution in [3.05, 3.63) is 51.7 Å². The molecule has 1 N–H and O–H groups in total. The number of esters is 1. The van der Waals surface area contributed by atoms with E-state index in [9.17, 15) is 4.79 Å². The van der Waals surface area contributed by atoms with Crippen LogP contribution in [0.3, 0.4) is 0 Å². The molecule has 0 aliphatic heterocycles. The van der Waals surface area contributed by atoms with Gasteiger partial charge >= 0.3 is 5.97 Å². The summed E-state index contributed by atoms with van der Waals surface area (Å²) in [5.41, 5.74) is 2.51. The lowest BCUT2D eigenvalue weighted by Crippen LogP contribution is -2.17. The molecule has 3 nitrogen and oxygen atoms in total. The van der Waals surface area contributed by atoms with Crippen molar-refractivity contribution in [1.29, 1.82) is 0 Å². The standard InChI is InChI=1S/C17H21NO2S/c1-11(2)16(15-9-6-10-21-15)18-14-8-5-7-13(12(14)3)17(19)20-4/h5-11,16,18H,1-4H3. The second-order valence-electron chi connectivity index (χ2n) is 5.35. The first-order valence-electron chi connectivity index (χ1n) is 7.02. The van der Waals surface area contributed by atoms with Crippen LogP contribution < -0.4 is 5.32 Å². The average molecular weight is 303 g/mol. The Labute approximate surface area is 130 Å². The Morgan fingerprint density at radius 3 is 2.57 bits per heavy atom. The third kappa shape index (κ3) is 3.45. The third-order valence-electron chi connectivity index (χ3n) is 3.57. The lowest BCUT2D eigenvalue weighted by Gasteiger charge is -2.24. The molecule has 1 aromatic heterocycles. The highest BCUT2D eigenvalue weighted by Crippen LogP contribution is 2.31. The minimum atomic E-state index is -0.298. The summed E-state index contributed by atoms with van der Waals surface area (Å²) in [6, 6.07) is 10.1. The van der Waals surface area contributed by atoms with Gasteiger partial charge in [0.15, 0.2) is 0 Å². The fraction of sp³-hybridized carbons (Fsp3) is 0.353. The van der Waals surface area contributed by atoms with Crippen LogP contribution in [0.4, 0.5) is 5.69 Å². The molecule has 0 saturated carbocycles. The minimum Gasteiger partial charge on any atom is -0.465 e. The van der Waals surface area contributed by atoms with Gasteiger partial charge in [0, 0.05) is 10.6 Å². The number of methoxy groups -OCH3 is 1. The van der Waals surface area contributed by atoms with E-state index in [1.807, 2.05) is 19.1 Å². The molecule has 1 atom stereocenters. The van der Waals surface area contributed by atoms with Gasteiger partial charge in [-0.2, -0.15) is 0 Å². The SMILES string of the molecule is COC(=O)c1cccc(NC(c2cccs2)C(C)C)c1C. The molecule has 2 aromatic rings. The number of benzene rings is 1. The van der Waals surface area contributed by atoms with Crippen molar-refractivity contribution in [2.75, 3.05) is 12.4 Å². The third-order valence-corrected chi connectivity index (χ3v) is 4.52. The monoisotopic (exact) mass is 303 g/mol.